The number of fused-ring (bicyclic) bond motifs is 1. The highest BCUT2D eigenvalue weighted by Gasteiger charge is 2.26. The van der Waals surface area contributed by atoms with Crippen molar-refractivity contribution >= 4 is 22.6 Å². The van der Waals surface area contributed by atoms with E-state index < -0.39 is 0 Å². The Balaban J connectivity index is 1.55. The highest BCUT2D eigenvalue weighted by atomic mass is 16.2. The number of H-pyrrole nitrogens is 1. The molecule has 0 aliphatic carbocycles. The monoisotopic (exact) mass is 350 g/mol. The molecule has 1 saturated heterocycles. The van der Waals surface area contributed by atoms with Crippen LogP contribution in [0.25, 0.3) is 10.9 Å². The van der Waals surface area contributed by atoms with Gasteiger partial charge in [-0.05, 0) is 25.8 Å². The molecule has 26 heavy (non-hydrogen) atoms. The molecule has 1 aromatic carbocycles. The fraction of sp³-hybridized carbons (Fsp3) is 0.350. The number of benzene rings is 1. The van der Waals surface area contributed by atoms with Crippen molar-refractivity contribution in [1.29, 1.82) is 0 Å². The van der Waals surface area contributed by atoms with Crippen LogP contribution in [0.5, 0.6) is 0 Å². The second kappa shape index (κ2) is 6.78. The first-order valence-corrected chi connectivity index (χ1v) is 8.99. The molecule has 134 valence electrons. The summed E-state index contributed by atoms with van der Waals surface area (Å²) >= 11 is 0. The van der Waals surface area contributed by atoms with Gasteiger partial charge in [0.15, 0.2) is 5.78 Å². The van der Waals surface area contributed by atoms with Crippen molar-refractivity contribution in [2.75, 3.05) is 13.1 Å². The Labute approximate surface area is 151 Å². The number of para-hydroxylation sites is 1. The van der Waals surface area contributed by atoms with Gasteiger partial charge in [0.2, 0.25) is 5.91 Å². The van der Waals surface area contributed by atoms with Crippen LogP contribution < -0.4 is 0 Å². The van der Waals surface area contributed by atoms with Crippen molar-refractivity contribution in [3.05, 3.63) is 54.2 Å². The number of hydrogen-bond acceptors (Lipinski definition) is 3. The van der Waals surface area contributed by atoms with Crippen LogP contribution in [-0.4, -0.2) is 44.2 Å². The Morgan fingerprint density at radius 1 is 1.31 bits per heavy atom. The van der Waals surface area contributed by atoms with Crippen LogP contribution in [0.1, 0.15) is 41.9 Å². The summed E-state index contributed by atoms with van der Waals surface area (Å²) in [6.07, 6.45) is 7.40. The molecule has 1 amide bonds. The molecule has 1 atom stereocenters. The van der Waals surface area contributed by atoms with Gasteiger partial charge in [-0.25, -0.2) is 4.98 Å². The van der Waals surface area contributed by atoms with Crippen LogP contribution >= 0.6 is 0 Å². The second-order valence-corrected chi connectivity index (χ2v) is 6.90. The second-order valence-electron chi connectivity index (χ2n) is 6.90. The Morgan fingerprint density at radius 3 is 2.92 bits per heavy atom. The topological polar surface area (TPSA) is 71.0 Å². The first-order valence-electron chi connectivity index (χ1n) is 8.99. The fourth-order valence-electron chi connectivity index (χ4n) is 3.83. The van der Waals surface area contributed by atoms with Gasteiger partial charge in [-0.15, -0.1) is 0 Å². The molecule has 3 aromatic rings. The van der Waals surface area contributed by atoms with Gasteiger partial charge in [-0.1, -0.05) is 18.2 Å². The standard InChI is InChI=1S/C20H22N4O2/c1-14(25)17-12-24(18-7-3-2-6-16(17)18)13-19(26)23-10-4-5-15(11-23)20-21-8-9-22-20/h2-3,6-9,12,15H,4-5,10-11,13H2,1H3,(H,21,22)/t15-/m0/s1. The summed E-state index contributed by atoms with van der Waals surface area (Å²) in [6.45, 7) is 3.27. The number of rotatable bonds is 4. The first-order chi connectivity index (χ1) is 12.6. The summed E-state index contributed by atoms with van der Waals surface area (Å²) in [7, 11) is 0. The van der Waals surface area contributed by atoms with Gasteiger partial charge >= 0.3 is 0 Å². The molecule has 1 fully saturated rings. The summed E-state index contributed by atoms with van der Waals surface area (Å²) in [4.78, 5) is 34.2. The largest absolute Gasteiger partial charge is 0.348 e. The average molecular weight is 350 g/mol. The van der Waals surface area contributed by atoms with Gasteiger partial charge in [-0.2, -0.15) is 0 Å². The van der Waals surface area contributed by atoms with Crippen molar-refractivity contribution in [2.45, 2.75) is 32.2 Å². The number of nitrogens with one attached hydrogen (secondary N) is 1. The number of carbonyl (C=O) groups excluding carboxylic acids is 2. The van der Waals surface area contributed by atoms with Crippen molar-refractivity contribution in [3.63, 3.8) is 0 Å². The van der Waals surface area contributed by atoms with Gasteiger partial charge in [0, 0.05) is 54.1 Å². The van der Waals surface area contributed by atoms with E-state index in [-0.39, 0.29) is 24.2 Å². The fourth-order valence-corrected chi connectivity index (χ4v) is 3.83. The predicted octanol–water partition coefficient (Wildman–Crippen LogP) is 2.97. The van der Waals surface area contributed by atoms with E-state index in [2.05, 4.69) is 9.97 Å². The van der Waals surface area contributed by atoms with Gasteiger partial charge in [-0.3, -0.25) is 9.59 Å². The number of ketones is 1. The minimum Gasteiger partial charge on any atom is -0.348 e. The van der Waals surface area contributed by atoms with E-state index in [1.54, 1.807) is 19.3 Å². The van der Waals surface area contributed by atoms with Crippen molar-refractivity contribution in [3.8, 4) is 0 Å². The summed E-state index contributed by atoms with van der Waals surface area (Å²) in [5.41, 5.74) is 1.59. The van der Waals surface area contributed by atoms with Crippen molar-refractivity contribution in [1.82, 2.24) is 19.4 Å². The molecule has 4 rings (SSSR count). The van der Waals surface area contributed by atoms with Crippen LogP contribution in [0, 0.1) is 0 Å². The Bertz CT molecular complexity index is 942. The molecular weight excluding hydrogens is 328 g/mol. The third-order valence-electron chi connectivity index (χ3n) is 5.15. The average Bonchev–Trinajstić information content (AvgIpc) is 3.30. The predicted molar refractivity (Wildman–Crippen MR) is 99.1 cm³/mol. The van der Waals surface area contributed by atoms with Gasteiger partial charge in [0.25, 0.3) is 0 Å². The molecule has 0 bridgehead atoms. The number of amides is 1. The number of piperidine rings is 1. The zero-order valence-electron chi connectivity index (χ0n) is 14.8. The smallest absolute Gasteiger partial charge is 0.242 e. The molecule has 3 heterocycles. The number of carbonyl (C=O) groups is 2. The third-order valence-corrected chi connectivity index (χ3v) is 5.15. The molecule has 6 heteroatoms. The summed E-state index contributed by atoms with van der Waals surface area (Å²) < 4.78 is 1.89. The number of imidazole rings is 1. The van der Waals surface area contributed by atoms with Crippen molar-refractivity contribution in [2.24, 2.45) is 0 Å². The number of aromatic nitrogens is 3. The van der Waals surface area contributed by atoms with E-state index in [1.165, 1.54) is 0 Å². The summed E-state index contributed by atoms with van der Waals surface area (Å²) in [6, 6.07) is 7.73. The SMILES string of the molecule is CC(=O)c1cn(CC(=O)N2CCC[C@H](c3ncc[nH]3)C2)c2ccccc12. The van der Waals surface area contributed by atoms with Crippen LogP contribution in [0.4, 0.5) is 0 Å². The molecule has 0 saturated carbocycles. The zero-order chi connectivity index (χ0) is 18.1. The highest BCUT2D eigenvalue weighted by Crippen LogP contribution is 2.26. The van der Waals surface area contributed by atoms with E-state index in [1.807, 2.05) is 39.9 Å². The van der Waals surface area contributed by atoms with Crippen LogP contribution in [0.15, 0.2) is 42.9 Å². The third kappa shape index (κ3) is 3.03. The lowest BCUT2D eigenvalue weighted by Crippen LogP contribution is -2.41. The maximum Gasteiger partial charge on any atom is 0.242 e. The molecule has 1 aliphatic heterocycles. The minimum absolute atomic E-state index is 0.0169. The van der Waals surface area contributed by atoms with E-state index in [9.17, 15) is 9.59 Å². The number of nitrogens with zero attached hydrogens (tertiary/aromatic N) is 3. The van der Waals surface area contributed by atoms with Gasteiger partial charge < -0.3 is 14.5 Å². The molecule has 6 nitrogen and oxygen atoms in total. The highest BCUT2D eigenvalue weighted by molar-refractivity contribution is 6.07. The molecular formula is C20H22N4O2. The molecule has 0 spiro atoms. The van der Waals surface area contributed by atoms with Crippen LogP contribution in [0.2, 0.25) is 0 Å². The number of hydrogen-bond donors (Lipinski definition) is 1. The summed E-state index contributed by atoms with van der Waals surface area (Å²) in [5.74, 6) is 1.31. The maximum atomic E-state index is 12.9. The lowest BCUT2D eigenvalue weighted by Gasteiger charge is -2.32. The quantitative estimate of drug-likeness (QED) is 0.735. The molecule has 2 aromatic heterocycles. The lowest BCUT2D eigenvalue weighted by molar-refractivity contribution is -0.133. The van der Waals surface area contributed by atoms with Gasteiger partial charge in [0.05, 0.1) is 0 Å². The van der Waals surface area contributed by atoms with E-state index in [4.69, 9.17) is 0 Å². The molecule has 1 aliphatic rings. The Morgan fingerprint density at radius 2 is 2.15 bits per heavy atom. The van der Waals surface area contributed by atoms with E-state index in [0.29, 0.717) is 12.1 Å². The zero-order valence-corrected chi connectivity index (χ0v) is 14.8. The van der Waals surface area contributed by atoms with Crippen molar-refractivity contribution < 1.29 is 9.59 Å². The molecule has 1 N–H and O–H groups in total. The Hall–Kier alpha value is -2.89. The number of Topliss-reactive ketones (excluding diaryl/α,β-unsaturated/α-hetero) is 1. The minimum atomic E-state index is 0.0169. The van der Waals surface area contributed by atoms with Crippen LogP contribution in [-0.2, 0) is 11.3 Å². The van der Waals surface area contributed by atoms with Gasteiger partial charge in [0.1, 0.15) is 12.4 Å². The normalized spacial score (nSPS) is 17.6. The maximum absolute atomic E-state index is 12.9. The number of likely N-dealkylation sites (tertiary alicyclic amines) is 1. The Kier molecular flexibility index (Phi) is 4.32. The molecule has 0 unspecified atom stereocenters. The lowest BCUT2D eigenvalue weighted by atomic mass is 9.97. The van der Waals surface area contributed by atoms with E-state index >= 15 is 0 Å². The molecule has 0 radical (unpaired) electrons. The first kappa shape index (κ1) is 16.6. The summed E-state index contributed by atoms with van der Waals surface area (Å²) in [5, 5.41) is 0.903. The number of aromatic amines is 1. The van der Waals surface area contributed by atoms with Crippen LogP contribution in [0.3, 0.4) is 0 Å². The van der Waals surface area contributed by atoms with E-state index in [0.717, 1.165) is 36.1 Å².